The van der Waals surface area contributed by atoms with Crippen LogP contribution in [0.25, 0.3) is 16.7 Å². The van der Waals surface area contributed by atoms with Crippen molar-refractivity contribution >= 4 is 34.5 Å². The Kier molecular flexibility index (Phi) is 3.00. The van der Waals surface area contributed by atoms with Gasteiger partial charge in [-0.3, -0.25) is 14.6 Å². The lowest BCUT2D eigenvalue weighted by molar-refractivity contribution is 0.0706. The maximum atomic E-state index is 14.3. The summed E-state index contributed by atoms with van der Waals surface area (Å²) in [4.78, 5) is 16.1. The third kappa shape index (κ3) is 1.97. The standard InChI is InChI=1S/C15H10ClFN4O2/c16-9-2-1-3-11-13(9)19-15-18-6-8-10(17)4-7(14(22)20-23)5-12(8)21(11)15/h1-5,23H,6H2,(H,18,19)(H,20,22). The number of amides is 1. The van der Waals surface area contributed by atoms with Crippen LogP contribution in [0.15, 0.2) is 30.3 Å². The molecule has 116 valence electrons. The molecule has 0 radical (unpaired) electrons. The first-order chi connectivity index (χ1) is 11.1. The Labute approximate surface area is 134 Å². The Morgan fingerprint density at radius 3 is 3.04 bits per heavy atom. The zero-order chi connectivity index (χ0) is 16.1. The molecule has 23 heavy (non-hydrogen) atoms. The van der Waals surface area contributed by atoms with Gasteiger partial charge in [0.05, 0.1) is 16.2 Å². The van der Waals surface area contributed by atoms with Crippen molar-refractivity contribution in [2.24, 2.45) is 0 Å². The Hall–Kier alpha value is -2.64. The fourth-order valence-corrected chi connectivity index (χ4v) is 3.00. The van der Waals surface area contributed by atoms with Crippen LogP contribution < -0.4 is 10.8 Å². The third-order valence-corrected chi connectivity index (χ3v) is 4.14. The van der Waals surface area contributed by atoms with Gasteiger partial charge in [0.2, 0.25) is 5.95 Å². The molecule has 1 aliphatic rings. The number of rotatable bonds is 1. The van der Waals surface area contributed by atoms with E-state index in [-0.39, 0.29) is 12.1 Å². The number of imidazole rings is 1. The number of nitrogens with zero attached hydrogens (tertiary/aromatic N) is 2. The zero-order valence-corrected chi connectivity index (χ0v) is 12.4. The molecule has 0 saturated carbocycles. The van der Waals surface area contributed by atoms with Crippen molar-refractivity contribution in [3.8, 4) is 5.69 Å². The Morgan fingerprint density at radius 1 is 1.43 bits per heavy atom. The summed E-state index contributed by atoms with van der Waals surface area (Å²) >= 11 is 6.16. The molecule has 1 aromatic heterocycles. The van der Waals surface area contributed by atoms with Crippen LogP contribution in [0.2, 0.25) is 5.02 Å². The van der Waals surface area contributed by atoms with E-state index in [0.717, 1.165) is 6.07 Å². The average Bonchev–Trinajstić information content (AvgIpc) is 2.94. The molecule has 3 aromatic rings. The lowest BCUT2D eigenvalue weighted by atomic mass is 10.1. The molecule has 1 aliphatic heterocycles. The number of carbonyl (C=O) groups excluding carboxylic acids is 1. The number of anilines is 1. The van der Waals surface area contributed by atoms with Crippen LogP contribution >= 0.6 is 11.6 Å². The summed E-state index contributed by atoms with van der Waals surface area (Å²) in [6, 6.07) is 7.90. The molecule has 2 aromatic carbocycles. The largest absolute Gasteiger partial charge is 0.351 e. The molecule has 6 nitrogen and oxygen atoms in total. The quantitative estimate of drug-likeness (QED) is 0.473. The first kappa shape index (κ1) is 14.0. The number of aromatic nitrogens is 2. The first-order valence-corrected chi connectivity index (χ1v) is 7.16. The topological polar surface area (TPSA) is 79.2 Å². The van der Waals surface area contributed by atoms with Gasteiger partial charge in [-0.1, -0.05) is 17.7 Å². The molecule has 0 aliphatic carbocycles. The second kappa shape index (κ2) is 4.94. The van der Waals surface area contributed by atoms with Crippen LogP contribution in [0.1, 0.15) is 15.9 Å². The molecule has 0 fully saturated rings. The number of fused-ring (bicyclic) bond motifs is 5. The van der Waals surface area contributed by atoms with Gasteiger partial charge < -0.3 is 5.32 Å². The Bertz CT molecular complexity index is 970. The minimum atomic E-state index is -0.783. The maximum Gasteiger partial charge on any atom is 0.274 e. The number of halogens is 2. The number of benzene rings is 2. The minimum absolute atomic E-state index is 0.0143. The normalized spacial score (nSPS) is 12.5. The Balaban J connectivity index is 2.05. The lowest BCUT2D eigenvalue weighted by Crippen LogP contribution is -2.22. The number of hydroxylamine groups is 1. The SMILES string of the molecule is O=C(NO)c1cc(F)c2c(c1)-n1c(nc3c(Cl)cccc31)NC2. The van der Waals surface area contributed by atoms with E-state index in [1.165, 1.54) is 11.5 Å². The zero-order valence-electron chi connectivity index (χ0n) is 11.6. The summed E-state index contributed by atoms with van der Waals surface area (Å²) in [7, 11) is 0. The molecule has 4 rings (SSSR count). The molecule has 2 heterocycles. The Morgan fingerprint density at radius 2 is 2.26 bits per heavy atom. The molecule has 0 atom stereocenters. The number of carbonyl (C=O) groups is 1. The molecule has 0 bridgehead atoms. The number of hydrogen-bond acceptors (Lipinski definition) is 4. The number of hydrogen-bond donors (Lipinski definition) is 3. The minimum Gasteiger partial charge on any atom is -0.351 e. The van der Waals surface area contributed by atoms with E-state index in [0.29, 0.717) is 33.3 Å². The highest BCUT2D eigenvalue weighted by Crippen LogP contribution is 2.35. The van der Waals surface area contributed by atoms with Crippen molar-refractivity contribution in [1.29, 1.82) is 0 Å². The van der Waals surface area contributed by atoms with E-state index in [1.54, 1.807) is 16.7 Å². The molecule has 3 N–H and O–H groups in total. The fraction of sp³-hybridized carbons (Fsp3) is 0.0667. The van der Waals surface area contributed by atoms with E-state index < -0.39 is 11.7 Å². The number of para-hydroxylation sites is 1. The van der Waals surface area contributed by atoms with Crippen LogP contribution in [0.3, 0.4) is 0 Å². The summed E-state index contributed by atoms with van der Waals surface area (Å²) in [5.74, 6) is -0.807. The van der Waals surface area contributed by atoms with Crippen molar-refractivity contribution in [1.82, 2.24) is 15.0 Å². The predicted octanol–water partition coefficient (Wildman–Crippen LogP) is 2.86. The summed E-state index contributed by atoms with van der Waals surface area (Å²) in [6.07, 6.45) is 0. The summed E-state index contributed by atoms with van der Waals surface area (Å²) in [5.41, 5.74) is 3.70. The van der Waals surface area contributed by atoms with Crippen LogP contribution in [0, 0.1) is 5.82 Å². The average molecular weight is 333 g/mol. The van der Waals surface area contributed by atoms with Crippen molar-refractivity contribution in [3.63, 3.8) is 0 Å². The predicted molar refractivity (Wildman–Crippen MR) is 82.6 cm³/mol. The molecule has 0 saturated heterocycles. The van der Waals surface area contributed by atoms with E-state index in [9.17, 15) is 9.18 Å². The van der Waals surface area contributed by atoms with Gasteiger partial charge in [0.1, 0.15) is 11.3 Å². The van der Waals surface area contributed by atoms with Gasteiger partial charge in [-0.05, 0) is 24.3 Å². The monoisotopic (exact) mass is 332 g/mol. The highest BCUT2D eigenvalue weighted by molar-refractivity contribution is 6.35. The van der Waals surface area contributed by atoms with E-state index in [2.05, 4.69) is 10.3 Å². The fourth-order valence-electron chi connectivity index (χ4n) is 2.79. The van der Waals surface area contributed by atoms with E-state index >= 15 is 0 Å². The summed E-state index contributed by atoms with van der Waals surface area (Å²) < 4.78 is 16.1. The van der Waals surface area contributed by atoms with Gasteiger partial charge in [0.25, 0.3) is 5.91 Å². The van der Waals surface area contributed by atoms with Crippen molar-refractivity contribution in [3.05, 3.63) is 52.3 Å². The van der Waals surface area contributed by atoms with Gasteiger partial charge in [0, 0.05) is 17.7 Å². The van der Waals surface area contributed by atoms with Gasteiger partial charge in [-0.25, -0.2) is 14.9 Å². The molecule has 8 heteroatoms. The number of nitrogens with one attached hydrogen (secondary N) is 2. The first-order valence-electron chi connectivity index (χ1n) is 6.78. The second-order valence-corrected chi connectivity index (χ2v) is 5.54. The van der Waals surface area contributed by atoms with Crippen molar-refractivity contribution in [2.75, 3.05) is 5.32 Å². The van der Waals surface area contributed by atoms with E-state index in [1.807, 2.05) is 6.07 Å². The smallest absolute Gasteiger partial charge is 0.274 e. The van der Waals surface area contributed by atoms with Crippen molar-refractivity contribution in [2.45, 2.75) is 6.54 Å². The van der Waals surface area contributed by atoms with Crippen LogP contribution in [-0.4, -0.2) is 20.7 Å². The van der Waals surface area contributed by atoms with Crippen LogP contribution in [0.4, 0.5) is 10.3 Å². The van der Waals surface area contributed by atoms with Crippen LogP contribution in [-0.2, 0) is 6.54 Å². The molecule has 0 spiro atoms. The molecular formula is C15H10ClFN4O2. The second-order valence-electron chi connectivity index (χ2n) is 5.13. The van der Waals surface area contributed by atoms with Gasteiger partial charge in [-0.2, -0.15) is 0 Å². The van der Waals surface area contributed by atoms with Gasteiger partial charge in [0.15, 0.2) is 0 Å². The molecule has 1 amide bonds. The summed E-state index contributed by atoms with van der Waals surface area (Å²) in [6.45, 7) is 0.239. The van der Waals surface area contributed by atoms with Gasteiger partial charge >= 0.3 is 0 Å². The molecule has 0 unspecified atom stereocenters. The van der Waals surface area contributed by atoms with Crippen molar-refractivity contribution < 1.29 is 14.4 Å². The summed E-state index contributed by atoms with van der Waals surface area (Å²) in [5, 5.41) is 12.3. The highest BCUT2D eigenvalue weighted by Gasteiger charge is 2.24. The van der Waals surface area contributed by atoms with Gasteiger partial charge in [-0.15, -0.1) is 0 Å². The molecular weight excluding hydrogens is 323 g/mol. The third-order valence-electron chi connectivity index (χ3n) is 3.84. The lowest BCUT2D eigenvalue weighted by Gasteiger charge is -2.21. The highest BCUT2D eigenvalue weighted by atomic mass is 35.5. The van der Waals surface area contributed by atoms with E-state index in [4.69, 9.17) is 16.8 Å². The van der Waals surface area contributed by atoms with Crippen LogP contribution in [0.5, 0.6) is 0 Å². The maximum absolute atomic E-state index is 14.3.